The summed E-state index contributed by atoms with van der Waals surface area (Å²) in [5.74, 6) is 2.23. The van der Waals surface area contributed by atoms with Gasteiger partial charge in [0, 0.05) is 16.6 Å². The molecular weight excluding hydrogens is 925 g/mol. The average molecular weight is 1040 g/mol. The van der Waals surface area contributed by atoms with Crippen LogP contribution in [0.15, 0.2) is 48.5 Å². The van der Waals surface area contributed by atoms with Gasteiger partial charge in [-0.2, -0.15) is 12.6 Å². The molecule has 0 amide bonds. The van der Waals surface area contributed by atoms with Crippen molar-refractivity contribution in [2.75, 3.05) is 5.75 Å². The van der Waals surface area contributed by atoms with Crippen molar-refractivity contribution in [3.05, 3.63) is 115 Å². The van der Waals surface area contributed by atoms with E-state index >= 15 is 0 Å². The Balaban J connectivity index is 0.000000399. The molecule has 0 spiro atoms. The van der Waals surface area contributed by atoms with E-state index in [-0.39, 0.29) is 43.3 Å². The van der Waals surface area contributed by atoms with Crippen LogP contribution in [-0.2, 0) is 43.3 Å². The van der Waals surface area contributed by atoms with E-state index in [1.807, 2.05) is 12.1 Å². The van der Waals surface area contributed by atoms with Gasteiger partial charge in [0.25, 0.3) is 0 Å². The summed E-state index contributed by atoms with van der Waals surface area (Å²) >= 11 is 5.07. The van der Waals surface area contributed by atoms with Gasteiger partial charge in [0.05, 0.1) is 0 Å². The summed E-state index contributed by atoms with van der Waals surface area (Å²) in [7, 11) is 0. The highest BCUT2D eigenvalue weighted by Gasteiger charge is 2.39. The number of aryl methyl sites for hydroxylation is 2. The van der Waals surface area contributed by atoms with Crippen molar-refractivity contribution in [2.45, 2.75) is 286 Å². The van der Waals surface area contributed by atoms with Crippen LogP contribution >= 0.6 is 12.6 Å². The third-order valence-corrected chi connectivity index (χ3v) is 16.5. The van der Waals surface area contributed by atoms with E-state index in [2.05, 4.69) is 196 Å². The molecule has 74 heavy (non-hydrogen) atoms. The summed E-state index contributed by atoms with van der Waals surface area (Å²) in [5, 5.41) is 44.3. The molecule has 0 saturated carbocycles. The minimum atomic E-state index is -0.318. The second-order valence-corrected chi connectivity index (χ2v) is 29.5. The Bertz CT molecular complexity index is 2240. The molecule has 0 aliphatic carbocycles. The minimum Gasteiger partial charge on any atom is -0.508 e. The van der Waals surface area contributed by atoms with Crippen molar-refractivity contribution in [1.82, 2.24) is 0 Å². The Hall–Kier alpha value is -3.57. The van der Waals surface area contributed by atoms with Crippen LogP contribution in [0, 0.1) is 13.8 Å². The molecule has 0 unspecified atom stereocenters. The fourth-order valence-corrected chi connectivity index (χ4v) is 11.5. The molecule has 0 aliphatic heterocycles. The summed E-state index contributed by atoms with van der Waals surface area (Å²) in [4.78, 5) is 0. The number of thiol groups is 1. The fourth-order valence-electron chi connectivity index (χ4n) is 11.0. The summed E-state index contributed by atoms with van der Waals surface area (Å²) in [6.45, 7) is 49.9. The van der Waals surface area contributed by atoms with E-state index in [4.69, 9.17) is 12.6 Å². The van der Waals surface area contributed by atoms with Crippen LogP contribution in [0.25, 0.3) is 0 Å². The van der Waals surface area contributed by atoms with Crippen LogP contribution in [0.5, 0.6) is 23.0 Å². The third kappa shape index (κ3) is 16.2. The summed E-state index contributed by atoms with van der Waals surface area (Å²) in [5.41, 5.74) is 11.2. The average Bonchev–Trinajstić information content (AvgIpc) is 3.23. The van der Waals surface area contributed by atoms with E-state index in [1.54, 1.807) is 0 Å². The van der Waals surface area contributed by atoms with Crippen LogP contribution < -0.4 is 0 Å². The first kappa shape index (κ1) is 64.7. The largest absolute Gasteiger partial charge is 0.508 e. The van der Waals surface area contributed by atoms with Gasteiger partial charge in [-0.25, -0.2) is 0 Å². The molecule has 0 bridgehead atoms. The molecule has 4 N–H and O–H groups in total. The molecule has 0 atom stereocenters. The summed E-state index contributed by atoms with van der Waals surface area (Å²) in [6.07, 6.45) is 17.0. The molecule has 4 aromatic rings. The van der Waals surface area contributed by atoms with Crippen molar-refractivity contribution in [1.29, 1.82) is 0 Å². The predicted molar refractivity (Wildman–Crippen MR) is 327 cm³/mol. The Morgan fingerprint density at radius 1 is 0.338 bits per heavy atom. The number of phenols is 4. The fraction of sp³-hybridized carbons (Fsp3) is 0.652. The van der Waals surface area contributed by atoms with Crippen LogP contribution in [0.1, 0.15) is 296 Å². The smallest absolute Gasteiger partial charge is 0.123 e. The first-order valence-corrected chi connectivity index (χ1v) is 29.4. The number of rotatable bonds is 18. The second-order valence-electron chi connectivity index (χ2n) is 29.2. The topological polar surface area (TPSA) is 80.9 Å². The quantitative estimate of drug-likeness (QED) is 0.0508. The maximum Gasteiger partial charge on any atom is 0.123 e. The minimum absolute atomic E-state index is 0.175. The monoisotopic (exact) mass is 1030 g/mol. The van der Waals surface area contributed by atoms with Crippen molar-refractivity contribution < 1.29 is 20.4 Å². The molecular formula is C69H110O4S. The summed E-state index contributed by atoms with van der Waals surface area (Å²) in [6, 6.07) is 17.2. The van der Waals surface area contributed by atoms with Gasteiger partial charge in [0.2, 0.25) is 0 Å². The van der Waals surface area contributed by atoms with Crippen LogP contribution in [-0.4, -0.2) is 26.2 Å². The molecule has 5 heteroatoms. The highest BCUT2D eigenvalue weighted by molar-refractivity contribution is 7.80. The normalized spacial score (nSPS) is 13.3. The zero-order valence-corrected chi connectivity index (χ0v) is 52.6. The Morgan fingerprint density at radius 3 is 0.838 bits per heavy atom. The van der Waals surface area contributed by atoms with Crippen LogP contribution in [0.4, 0.5) is 0 Å². The van der Waals surface area contributed by atoms with Gasteiger partial charge in [-0.1, -0.05) is 259 Å². The van der Waals surface area contributed by atoms with E-state index in [1.165, 1.54) is 92.9 Å². The standard InChI is InChI=1S/C38H62O2S.C31H48O2/c1-10-11-12-13-14-15-16-17-18-19-20-21-22-38(27-41,30-25-32(36(4,5)6)34(39)23-28(30)2)31-26-33(37(7,8)9)35(40)24-29(31)3;1-27(2,3)21-15-19(16-22(25(21)32)28(4,5)6)31(13,14)20-17-23(29(7,8)9)26(33)24(18-20)30(10,11)12/h23-26,39-41H,10-22,27H2,1-9H3;15-18,32-33H,1-14H3. The number of hydrogen-bond acceptors (Lipinski definition) is 5. The molecule has 416 valence electrons. The molecule has 0 aliphatic rings. The van der Waals surface area contributed by atoms with Gasteiger partial charge in [0.15, 0.2) is 0 Å². The molecule has 0 heterocycles. The zero-order valence-electron chi connectivity index (χ0n) is 51.8. The molecule has 0 radical (unpaired) electrons. The lowest BCUT2D eigenvalue weighted by Crippen LogP contribution is -2.33. The Morgan fingerprint density at radius 2 is 0.595 bits per heavy atom. The van der Waals surface area contributed by atoms with Gasteiger partial charge in [-0.05, 0) is 132 Å². The molecule has 0 aromatic heterocycles. The maximum absolute atomic E-state index is 11.2. The maximum atomic E-state index is 11.2. The van der Waals surface area contributed by atoms with Crippen molar-refractivity contribution >= 4 is 12.6 Å². The van der Waals surface area contributed by atoms with Crippen LogP contribution in [0.3, 0.4) is 0 Å². The summed E-state index contributed by atoms with van der Waals surface area (Å²) < 4.78 is 0. The molecule has 4 rings (SSSR count). The van der Waals surface area contributed by atoms with Crippen molar-refractivity contribution in [3.63, 3.8) is 0 Å². The van der Waals surface area contributed by atoms with E-state index < -0.39 is 0 Å². The first-order chi connectivity index (χ1) is 33.7. The van der Waals surface area contributed by atoms with Gasteiger partial charge >= 0.3 is 0 Å². The molecule has 4 aromatic carbocycles. The van der Waals surface area contributed by atoms with Crippen molar-refractivity contribution in [3.8, 4) is 23.0 Å². The first-order valence-electron chi connectivity index (χ1n) is 28.7. The number of benzene rings is 4. The lowest BCUT2D eigenvalue weighted by Gasteiger charge is -2.39. The SMILES string of the molecule is CC(C)(C)c1cc(C(C)(C)c2cc(C(C)(C)C)c(O)c(C(C)(C)C)c2)cc(C(C)(C)C)c1O.CCCCCCCCCCCCCCC(CS)(c1cc(C(C)(C)C)c(O)cc1C)c1cc(C(C)(C)C)c(O)cc1C. The highest BCUT2D eigenvalue weighted by atomic mass is 32.1. The van der Waals surface area contributed by atoms with Crippen LogP contribution in [0.2, 0.25) is 0 Å². The number of hydrogen-bond donors (Lipinski definition) is 5. The Kier molecular flexibility index (Phi) is 21.7. The molecule has 0 fully saturated rings. The molecule has 4 nitrogen and oxygen atoms in total. The van der Waals surface area contributed by atoms with E-state index in [9.17, 15) is 20.4 Å². The second kappa shape index (κ2) is 24.8. The van der Waals surface area contributed by atoms with Gasteiger partial charge < -0.3 is 20.4 Å². The third-order valence-electron chi connectivity index (χ3n) is 16.0. The number of aromatic hydroxyl groups is 4. The predicted octanol–water partition coefficient (Wildman–Crippen LogP) is 20.2. The zero-order chi connectivity index (χ0) is 56.8. The van der Waals surface area contributed by atoms with E-state index in [0.29, 0.717) is 28.8 Å². The number of phenolic OH excluding ortho intramolecular Hbond substituents is 4. The Labute approximate surface area is 460 Å². The van der Waals surface area contributed by atoms with Gasteiger partial charge in [0.1, 0.15) is 23.0 Å². The van der Waals surface area contributed by atoms with Gasteiger partial charge in [-0.15, -0.1) is 0 Å². The lowest BCUT2D eigenvalue weighted by molar-refractivity contribution is 0.420. The number of unbranched alkanes of at least 4 members (excludes halogenated alkanes) is 11. The van der Waals surface area contributed by atoms with Gasteiger partial charge in [-0.3, -0.25) is 0 Å². The molecule has 0 saturated heterocycles. The lowest BCUT2D eigenvalue weighted by atomic mass is 9.67. The highest BCUT2D eigenvalue weighted by Crippen LogP contribution is 2.49. The van der Waals surface area contributed by atoms with E-state index in [0.717, 1.165) is 57.3 Å². The van der Waals surface area contributed by atoms with Crippen molar-refractivity contribution in [2.24, 2.45) is 0 Å².